The molecule has 4 atom stereocenters. The number of fused-ring (bicyclic) bond motifs is 2. The third kappa shape index (κ3) is 2.26. The van der Waals surface area contributed by atoms with Gasteiger partial charge in [-0.25, -0.2) is 0 Å². The number of carbonyl (C=O) groups is 3. The van der Waals surface area contributed by atoms with Crippen LogP contribution in [0.15, 0.2) is 0 Å². The summed E-state index contributed by atoms with van der Waals surface area (Å²) >= 11 is 0. The molecule has 2 aliphatic carbocycles. The zero-order valence-corrected chi connectivity index (χ0v) is 11.2. The third-order valence-corrected chi connectivity index (χ3v) is 5.07. The average molecular weight is 264 g/mol. The van der Waals surface area contributed by atoms with Crippen molar-refractivity contribution < 1.29 is 14.4 Å². The fourth-order valence-electron chi connectivity index (χ4n) is 3.99. The number of rotatable bonds is 2. The number of carbonyl (C=O) groups excluding carboxylic acids is 3. The maximum Gasteiger partial charge on any atom is 0.249 e. The first-order valence-corrected chi connectivity index (χ1v) is 7.17. The Bertz CT molecular complexity index is 434. The summed E-state index contributed by atoms with van der Waals surface area (Å²) < 4.78 is 0. The maximum absolute atomic E-state index is 12.3. The molecule has 0 aromatic rings. The van der Waals surface area contributed by atoms with Gasteiger partial charge in [0.2, 0.25) is 17.7 Å². The van der Waals surface area contributed by atoms with E-state index in [0.29, 0.717) is 18.3 Å². The van der Waals surface area contributed by atoms with Gasteiger partial charge >= 0.3 is 0 Å². The molecule has 1 heterocycles. The highest BCUT2D eigenvalue weighted by molar-refractivity contribution is 6.04. The minimum Gasteiger partial charge on any atom is -0.322 e. The quantitative estimate of drug-likeness (QED) is 0.746. The summed E-state index contributed by atoms with van der Waals surface area (Å²) in [5.74, 6) is 1.21. The van der Waals surface area contributed by atoms with E-state index in [1.807, 2.05) is 0 Å². The Kier molecular flexibility index (Phi) is 3.07. The summed E-state index contributed by atoms with van der Waals surface area (Å²) in [5, 5.41) is 2.26. The predicted molar refractivity (Wildman–Crippen MR) is 67.9 cm³/mol. The second-order valence-corrected chi connectivity index (χ2v) is 6.25. The standard InChI is InChI=1S/C14H20N2O3/c1-8-14(19)15-12(17)7-16(8)13(18)6-11-5-9-2-3-10(11)4-9/h8-11H,2-7H2,1H3,(H,15,17,19). The van der Waals surface area contributed by atoms with Crippen molar-refractivity contribution in [3.05, 3.63) is 0 Å². The zero-order valence-electron chi connectivity index (χ0n) is 11.2. The number of piperazine rings is 1. The Morgan fingerprint density at radius 3 is 2.74 bits per heavy atom. The van der Waals surface area contributed by atoms with E-state index in [9.17, 15) is 14.4 Å². The number of amides is 3. The minimum absolute atomic E-state index is 0.0204. The lowest BCUT2D eigenvalue weighted by Crippen LogP contribution is -2.58. The van der Waals surface area contributed by atoms with Gasteiger partial charge in [0, 0.05) is 6.42 Å². The van der Waals surface area contributed by atoms with Gasteiger partial charge in [-0.15, -0.1) is 0 Å². The first kappa shape index (κ1) is 12.6. The number of imide groups is 1. The molecule has 4 unspecified atom stereocenters. The minimum atomic E-state index is -0.524. The van der Waals surface area contributed by atoms with Crippen molar-refractivity contribution in [1.29, 1.82) is 0 Å². The van der Waals surface area contributed by atoms with Crippen LogP contribution in [0.2, 0.25) is 0 Å². The van der Waals surface area contributed by atoms with Crippen LogP contribution in [0.1, 0.15) is 39.0 Å². The summed E-state index contributed by atoms with van der Waals surface area (Å²) in [4.78, 5) is 36.7. The highest BCUT2D eigenvalue weighted by atomic mass is 16.2. The predicted octanol–water partition coefficient (Wildman–Crippen LogP) is 0.686. The molecule has 1 aliphatic heterocycles. The summed E-state index contributed by atoms with van der Waals surface area (Å²) in [6.45, 7) is 1.70. The molecule has 0 radical (unpaired) electrons. The summed E-state index contributed by atoms with van der Waals surface area (Å²) in [5.41, 5.74) is 0. The lowest BCUT2D eigenvalue weighted by Gasteiger charge is -2.33. The van der Waals surface area contributed by atoms with Crippen LogP contribution < -0.4 is 5.32 Å². The van der Waals surface area contributed by atoms with Gasteiger partial charge in [0.05, 0.1) is 0 Å². The molecular weight excluding hydrogens is 244 g/mol. The van der Waals surface area contributed by atoms with Crippen LogP contribution in [0, 0.1) is 17.8 Å². The lowest BCUT2D eigenvalue weighted by molar-refractivity contribution is -0.150. The topological polar surface area (TPSA) is 66.5 Å². The molecule has 0 spiro atoms. The fourth-order valence-corrected chi connectivity index (χ4v) is 3.99. The van der Waals surface area contributed by atoms with Crippen molar-refractivity contribution in [3.63, 3.8) is 0 Å². The molecule has 19 heavy (non-hydrogen) atoms. The Morgan fingerprint density at radius 2 is 2.11 bits per heavy atom. The molecule has 5 heteroatoms. The second kappa shape index (κ2) is 4.62. The Balaban J connectivity index is 1.63. The van der Waals surface area contributed by atoms with Crippen molar-refractivity contribution >= 4 is 17.7 Å². The fraction of sp³-hybridized carbons (Fsp3) is 0.786. The number of nitrogens with one attached hydrogen (secondary N) is 1. The SMILES string of the molecule is CC1C(=O)NC(=O)CN1C(=O)CC1CC2CCC1C2. The van der Waals surface area contributed by atoms with Crippen molar-refractivity contribution in [2.45, 2.75) is 45.1 Å². The van der Waals surface area contributed by atoms with E-state index in [1.54, 1.807) is 6.92 Å². The summed E-state index contributed by atoms with van der Waals surface area (Å²) in [6, 6.07) is -0.524. The van der Waals surface area contributed by atoms with Gasteiger partial charge in [0.1, 0.15) is 12.6 Å². The lowest BCUT2D eigenvalue weighted by atomic mass is 9.86. The second-order valence-electron chi connectivity index (χ2n) is 6.25. The van der Waals surface area contributed by atoms with E-state index in [1.165, 1.54) is 24.2 Å². The maximum atomic E-state index is 12.3. The van der Waals surface area contributed by atoms with E-state index < -0.39 is 6.04 Å². The highest BCUT2D eigenvalue weighted by Gasteiger charge is 2.42. The monoisotopic (exact) mass is 264 g/mol. The number of hydrogen-bond donors (Lipinski definition) is 1. The Labute approximate surface area is 112 Å². The van der Waals surface area contributed by atoms with Crippen LogP contribution in [0.5, 0.6) is 0 Å². The van der Waals surface area contributed by atoms with Crippen LogP contribution in [0.4, 0.5) is 0 Å². The number of hydrogen-bond acceptors (Lipinski definition) is 3. The molecule has 0 aromatic heterocycles. The molecule has 3 rings (SSSR count). The van der Waals surface area contributed by atoms with Crippen LogP contribution in [-0.4, -0.2) is 35.2 Å². The molecule has 2 saturated carbocycles. The molecule has 5 nitrogen and oxygen atoms in total. The van der Waals surface area contributed by atoms with Gasteiger partial charge in [0.25, 0.3) is 0 Å². The summed E-state index contributed by atoms with van der Waals surface area (Å²) in [7, 11) is 0. The molecular formula is C14H20N2O3. The Hall–Kier alpha value is -1.39. The van der Waals surface area contributed by atoms with Crippen LogP contribution in [-0.2, 0) is 14.4 Å². The molecule has 2 bridgehead atoms. The van der Waals surface area contributed by atoms with Gasteiger partial charge < -0.3 is 4.90 Å². The largest absolute Gasteiger partial charge is 0.322 e. The van der Waals surface area contributed by atoms with Gasteiger partial charge in [-0.05, 0) is 43.9 Å². The van der Waals surface area contributed by atoms with Crippen LogP contribution in [0.25, 0.3) is 0 Å². The molecule has 3 fully saturated rings. The molecule has 3 aliphatic rings. The van der Waals surface area contributed by atoms with Gasteiger partial charge in [0.15, 0.2) is 0 Å². The normalized spacial score (nSPS) is 37.6. The van der Waals surface area contributed by atoms with E-state index in [2.05, 4.69) is 5.32 Å². The van der Waals surface area contributed by atoms with E-state index >= 15 is 0 Å². The van der Waals surface area contributed by atoms with E-state index in [-0.39, 0.29) is 24.3 Å². The molecule has 1 N–H and O–H groups in total. The average Bonchev–Trinajstić information content (AvgIpc) is 2.95. The van der Waals surface area contributed by atoms with E-state index in [4.69, 9.17) is 0 Å². The number of nitrogens with zero attached hydrogens (tertiary/aromatic N) is 1. The van der Waals surface area contributed by atoms with Gasteiger partial charge in [-0.1, -0.05) is 6.42 Å². The molecule has 3 amide bonds. The Morgan fingerprint density at radius 1 is 1.32 bits per heavy atom. The summed E-state index contributed by atoms with van der Waals surface area (Å²) in [6.07, 6.45) is 5.49. The smallest absolute Gasteiger partial charge is 0.249 e. The van der Waals surface area contributed by atoms with Crippen LogP contribution in [0.3, 0.4) is 0 Å². The highest BCUT2D eigenvalue weighted by Crippen LogP contribution is 2.49. The first-order valence-electron chi connectivity index (χ1n) is 7.17. The zero-order chi connectivity index (χ0) is 13.6. The van der Waals surface area contributed by atoms with Crippen molar-refractivity contribution in [3.8, 4) is 0 Å². The third-order valence-electron chi connectivity index (χ3n) is 5.07. The van der Waals surface area contributed by atoms with Crippen molar-refractivity contribution in [2.24, 2.45) is 17.8 Å². The van der Waals surface area contributed by atoms with Gasteiger partial charge in [-0.3, -0.25) is 19.7 Å². The van der Waals surface area contributed by atoms with Crippen molar-refractivity contribution in [2.75, 3.05) is 6.54 Å². The first-order chi connectivity index (χ1) is 9.04. The molecule has 104 valence electrons. The van der Waals surface area contributed by atoms with Crippen molar-refractivity contribution in [1.82, 2.24) is 10.2 Å². The molecule has 0 aromatic carbocycles. The van der Waals surface area contributed by atoms with Crippen LogP contribution >= 0.6 is 0 Å². The molecule has 1 saturated heterocycles. The van der Waals surface area contributed by atoms with E-state index in [0.717, 1.165) is 12.3 Å². The van der Waals surface area contributed by atoms with Gasteiger partial charge in [-0.2, -0.15) is 0 Å².